The minimum Gasteiger partial charge on any atom is -0.497 e. The summed E-state index contributed by atoms with van der Waals surface area (Å²) in [4.78, 5) is 0. The Balaban J connectivity index is 2.04. The van der Waals surface area contributed by atoms with E-state index in [1.165, 1.54) is 22.3 Å². The zero-order chi connectivity index (χ0) is 17.6. The van der Waals surface area contributed by atoms with Gasteiger partial charge in [-0.05, 0) is 64.3 Å². The number of methoxy groups -OCH3 is 2. The van der Waals surface area contributed by atoms with E-state index in [4.69, 9.17) is 14.2 Å². The highest BCUT2D eigenvalue weighted by Gasteiger charge is 2.28. The Morgan fingerprint density at radius 3 is 2.40 bits per heavy atom. The van der Waals surface area contributed by atoms with Crippen LogP contribution >= 0.6 is 15.9 Å². The predicted octanol–water partition coefficient (Wildman–Crippen LogP) is 5.59. The molecule has 0 fully saturated rings. The van der Waals surface area contributed by atoms with Crippen molar-refractivity contribution in [2.24, 2.45) is 0 Å². The maximum Gasteiger partial charge on any atom is 0.131 e. The van der Waals surface area contributed by atoms with E-state index in [2.05, 4.69) is 40.2 Å². The Morgan fingerprint density at radius 2 is 1.68 bits per heavy atom. The van der Waals surface area contributed by atoms with Crippen LogP contribution in [0.4, 0.5) is 0 Å². The second-order valence-electron chi connectivity index (χ2n) is 6.04. The number of hydrogen-bond donors (Lipinski definition) is 0. The summed E-state index contributed by atoms with van der Waals surface area (Å²) < 4.78 is 18.0. The first-order valence-corrected chi connectivity index (χ1v) is 9.09. The lowest BCUT2D eigenvalue weighted by molar-refractivity contribution is 0.341. The Bertz CT molecular complexity index is 979. The van der Waals surface area contributed by atoms with Crippen molar-refractivity contribution in [2.45, 2.75) is 13.3 Å². The lowest BCUT2D eigenvalue weighted by Gasteiger charge is -2.16. The Kier molecular flexibility index (Phi) is 4.08. The average molecular weight is 399 g/mol. The average Bonchev–Trinajstić information content (AvgIpc) is 3.03. The third kappa shape index (κ3) is 2.47. The van der Waals surface area contributed by atoms with E-state index >= 15 is 0 Å². The van der Waals surface area contributed by atoms with Crippen LogP contribution in [-0.4, -0.2) is 20.8 Å². The lowest BCUT2D eigenvalue weighted by atomic mass is 9.99. The fourth-order valence-corrected chi connectivity index (χ4v) is 4.41. The first-order chi connectivity index (χ1) is 12.2. The van der Waals surface area contributed by atoms with Crippen LogP contribution < -0.4 is 14.2 Å². The van der Waals surface area contributed by atoms with Gasteiger partial charge in [-0.15, -0.1) is 0 Å². The van der Waals surface area contributed by atoms with Crippen molar-refractivity contribution in [3.63, 3.8) is 0 Å². The molecule has 4 heteroatoms. The van der Waals surface area contributed by atoms with Crippen LogP contribution in [0.25, 0.3) is 21.9 Å². The monoisotopic (exact) mass is 398 g/mol. The molecule has 3 nitrogen and oxygen atoms in total. The van der Waals surface area contributed by atoms with E-state index in [0.29, 0.717) is 6.61 Å². The molecule has 0 N–H and O–H groups in total. The molecule has 3 aromatic rings. The lowest BCUT2D eigenvalue weighted by Crippen LogP contribution is -1.98. The number of ether oxygens (including phenoxy) is 3. The molecular weight excluding hydrogens is 380 g/mol. The first kappa shape index (κ1) is 16.3. The minimum absolute atomic E-state index is 0.625. The van der Waals surface area contributed by atoms with E-state index in [-0.39, 0.29) is 0 Å². The van der Waals surface area contributed by atoms with Crippen LogP contribution in [0.5, 0.6) is 17.2 Å². The zero-order valence-corrected chi connectivity index (χ0v) is 16.1. The Morgan fingerprint density at radius 1 is 0.960 bits per heavy atom. The summed E-state index contributed by atoms with van der Waals surface area (Å²) in [6.07, 6.45) is 0.836. The summed E-state index contributed by atoms with van der Waals surface area (Å²) in [5.41, 5.74) is 4.94. The second kappa shape index (κ2) is 6.26. The van der Waals surface area contributed by atoms with E-state index < -0.39 is 0 Å². The van der Waals surface area contributed by atoms with E-state index in [1.807, 2.05) is 19.1 Å². The summed E-state index contributed by atoms with van der Waals surface area (Å²) in [5.74, 6) is 2.66. The number of halogens is 1. The van der Waals surface area contributed by atoms with Crippen LogP contribution in [0.15, 0.2) is 40.9 Å². The number of hydrogen-bond acceptors (Lipinski definition) is 3. The van der Waals surface area contributed by atoms with Gasteiger partial charge in [-0.2, -0.15) is 0 Å². The molecular formula is C21H19BrO3. The highest BCUT2D eigenvalue weighted by atomic mass is 79.9. The maximum absolute atomic E-state index is 6.10. The summed E-state index contributed by atoms with van der Waals surface area (Å²) in [7, 11) is 3.39. The molecule has 3 aromatic carbocycles. The molecule has 0 saturated carbocycles. The maximum atomic E-state index is 6.10. The summed E-state index contributed by atoms with van der Waals surface area (Å²) in [6, 6.07) is 12.4. The molecule has 0 saturated heterocycles. The van der Waals surface area contributed by atoms with Gasteiger partial charge < -0.3 is 14.2 Å². The summed E-state index contributed by atoms with van der Waals surface area (Å²) >= 11 is 3.84. The van der Waals surface area contributed by atoms with Crippen LogP contribution in [0.3, 0.4) is 0 Å². The van der Waals surface area contributed by atoms with Crippen LogP contribution in [0, 0.1) is 0 Å². The van der Waals surface area contributed by atoms with Gasteiger partial charge in [-0.3, -0.25) is 0 Å². The summed E-state index contributed by atoms with van der Waals surface area (Å²) in [5, 5.41) is 2.21. The molecule has 0 atom stereocenters. The molecule has 128 valence electrons. The molecule has 0 amide bonds. The molecule has 0 spiro atoms. The largest absolute Gasteiger partial charge is 0.497 e. The Hall–Kier alpha value is -2.20. The standard InChI is InChI=1S/C21H19BrO3/c1-4-25-21-17-11-14(24-3)6-8-16(17)20(22)19-15-7-5-13(23-2)9-12(15)10-18(19)21/h5-9,11H,4,10H2,1-3H3. The molecule has 0 heterocycles. The van der Waals surface area contributed by atoms with Crippen molar-refractivity contribution in [3.05, 3.63) is 52.0 Å². The fourth-order valence-electron chi connectivity index (χ4n) is 3.61. The van der Waals surface area contributed by atoms with Gasteiger partial charge in [0.25, 0.3) is 0 Å². The highest BCUT2D eigenvalue weighted by molar-refractivity contribution is 9.10. The molecule has 0 aliphatic heterocycles. The van der Waals surface area contributed by atoms with E-state index in [0.717, 1.165) is 38.9 Å². The number of fused-ring (bicyclic) bond motifs is 4. The van der Waals surface area contributed by atoms with Gasteiger partial charge in [0.1, 0.15) is 17.2 Å². The quantitative estimate of drug-likeness (QED) is 0.448. The van der Waals surface area contributed by atoms with E-state index in [9.17, 15) is 0 Å². The normalized spacial score (nSPS) is 12.0. The molecule has 1 aliphatic carbocycles. The molecule has 0 unspecified atom stereocenters. The van der Waals surface area contributed by atoms with Crippen molar-refractivity contribution in [3.8, 4) is 28.4 Å². The van der Waals surface area contributed by atoms with Gasteiger partial charge in [-0.1, -0.05) is 6.07 Å². The highest BCUT2D eigenvalue weighted by Crippen LogP contribution is 2.51. The first-order valence-electron chi connectivity index (χ1n) is 8.30. The third-order valence-corrected chi connectivity index (χ3v) is 5.56. The molecule has 0 bridgehead atoms. The van der Waals surface area contributed by atoms with Crippen molar-refractivity contribution >= 4 is 26.7 Å². The Labute approximate surface area is 155 Å². The van der Waals surface area contributed by atoms with Crippen molar-refractivity contribution in [1.29, 1.82) is 0 Å². The fraction of sp³-hybridized carbons (Fsp3) is 0.238. The van der Waals surface area contributed by atoms with Crippen molar-refractivity contribution < 1.29 is 14.2 Å². The topological polar surface area (TPSA) is 27.7 Å². The van der Waals surface area contributed by atoms with Crippen LogP contribution in [-0.2, 0) is 6.42 Å². The van der Waals surface area contributed by atoms with Crippen molar-refractivity contribution in [2.75, 3.05) is 20.8 Å². The molecule has 0 aromatic heterocycles. The smallest absolute Gasteiger partial charge is 0.131 e. The van der Waals surface area contributed by atoms with Gasteiger partial charge in [0.15, 0.2) is 0 Å². The third-order valence-electron chi connectivity index (χ3n) is 4.74. The molecule has 0 radical (unpaired) electrons. The van der Waals surface area contributed by atoms with Gasteiger partial charge >= 0.3 is 0 Å². The number of rotatable bonds is 4. The second-order valence-corrected chi connectivity index (χ2v) is 6.83. The zero-order valence-electron chi connectivity index (χ0n) is 14.5. The van der Waals surface area contributed by atoms with Crippen molar-refractivity contribution in [1.82, 2.24) is 0 Å². The number of benzene rings is 3. The van der Waals surface area contributed by atoms with E-state index in [1.54, 1.807) is 14.2 Å². The minimum atomic E-state index is 0.625. The van der Waals surface area contributed by atoms with Gasteiger partial charge in [-0.25, -0.2) is 0 Å². The van der Waals surface area contributed by atoms with Crippen LogP contribution in [0.1, 0.15) is 18.1 Å². The summed E-state index contributed by atoms with van der Waals surface area (Å²) in [6.45, 7) is 2.64. The molecule has 1 aliphatic rings. The van der Waals surface area contributed by atoms with Gasteiger partial charge in [0.2, 0.25) is 0 Å². The predicted molar refractivity (Wildman–Crippen MR) is 104 cm³/mol. The van der Waals surface area contributed by atoms with Gasteiger partial charge in [0, 0.05) is 32.8 Å². The van der Waals surface area contributed by atoms with Crippen LogP contribution in [0.2, 0.25) is 0 Å². The molecule has 4 rings (SSSR count). The van der Waals surface area contributed by atoms with Gasteiger partial charge in [0.05, 0.1) is 20.8 Å². The SMILES string of the molecule is CCOc1c2c(c(Br)c3ccc(OC)cc13)-c1ccc(OC)cc1C2. The molecule has 25 heavy (non-hydrogen) atoms.